The van der Waals surface area contributed by atoms with Gasteiger partial charge >= 0.3 is 6.09 Å². The number of carbonyl (C=O) groups is 2. The lowest BCUT2D eigenvalue weighted by Gasteiger charge is -2.21. The molecule has 9 heteroatoms. The molecular weight excluding hydrogens is 382 g/mol. The van der Waals surface area contributed by atoms with E-state index in [1.807, 2.05) is 0 Å². The van der Waals surface area contributed by atoms with Gasteiger partial charge in [-0.1, -0.05) is 12.1 Å². The number of pyridine rings is 1. The number of nitrogens with one attached hydrogen (secondary N) is 2. The quantitative estimate of drug-likeness (QED) is 0.761. The highest BCUT2D eigenvalue weighted by atomic mass is 32.2. The maximum Gasteiger partial charge on any atom is 0.407 e. The summed E-state index contributed by atoms with van der Waals surface area (Å²) < 4.78 is 32.4. The number of carbonyl (C=O) groups excluding carboxylic acids is 2. The number of amides is 2. The number of ether oxygens (including phenoxy) is 1. The van der Waals surface area contributed by atoms with Gasteiger partial charge in [0.2, 0.25) is 5.91 Å². The van der Waals surface area contributed by atoms with Gasteiger partial charge in [-0.2, -0.15) is 0 Å². The van der Waals surface area contributed by atoms with E-state index in [2.05, 4.69) is 15.0 Å². The second-order valence-corrected chi connectivity index (χ2v) is 9.12. The first kappa shape index (κ1) is 21.6. The highest BCUT2D eigenvalue weighted by molar-refractivity contribution is 7.90. The molecule has 1 aromatic heterocycles. The van der Waals surface area contributed by atoms with Gasteiger partial charge in [-0.3, -0.25) is 9.78 Å². The fourth-order valence-electron chi connectivity index (χ4n) is 2.50. The molecule has 28 heavy (non-hydrogen) atoms. The zero-order valence-corrected chi connectivity index (χ0v) is 17.2. The average Bonchev–Trinajstić information content (AvgIpc) is 2.57. The molecule has 2 amide bonds. The highest BCUT2D eigenvalue weighted by Crippen LogP contribution is 2.21. The molecule has 2 rings (SSSR count). The molecule has 0 fully saturated rings. The Bertz CT molecular complexity index is 962. The Labute approximate surface area is 164 Å². The third-order valence-electron chi connectivity index (χ3n) is 3.75. The zero-order valence-electron chi connectivity index (χ0n) is 16.4. The van der Waals surface area contributed by atoms with Crippen molar-refractivity contribution in [3.63, 3.8) is 0 Å². The zero-order chi connectivity index (χ0) is 20.9. The number of benzene rings is 1. The molecule has 8 nitrogen and oxygen atoms in total. The smallest absolute Gasteiger partial charge is 0.407 e. The number of nitrogens with zero attached hydrogens (tertiary/aromatic N) is 1. The van der Waals surface area contributed by atoms with Crippen molar-refractivity contribution in [2.24, 2.45) is 0 Å². The lowest BCUT2D eigenvalue weighted by Crippen LogP contribution is -2.38. The molecule has 0 saturated heterocycles. The minimum Gasteiger partial charge on any atom is -0.444 e. The van der Waals surface area contributed by atoms with Gasteiger partial charge in [-0.05, 0) is 51.6 Å². The van der Waals surface area contributed by atoms with Gasteiger partial charge in [0.05, 0.1) is 4.90 Å². The predicted octanol–water partition coefficient (Wildman–Crippen LogP) is 2.73. The van der Waals surface area contributed by atoms with Crippen molar-refractivity contribution in [2.75, 3.05) is 0 Å². The van der Waals surface area contributed by atoms with Gasteiger partial charge in [-0.15, -0.1) is 0 Å². The summed E-state index contributed by atoms with van der Waals surface area (Å²) in [6.45, 7) is 6.96. The molecule has 1 atom stereocenters. The Morgan fingerprint density at radius 3 is 2.61 bits per heavy atom. The molecule has 2 N–H and O–H groups in total. The summed E-state index contributed by atoms with van der Waals surface area (Å²) in [4.78, 5) is 27.8. The standard InChI is InChI=1S/C19H25N3O5S/c1-13(21-18(24)27-19(2,3)4)8-9-17(23)22-28(25,26)16-7-5-6-14-10-11-20-12-15(14)16/h5-7,10-13H,8-9H2,1-4H3,(H,21,24)(H,22,23). The van der Waals surface area contributed by atoms with Crippen LogP contribution in [0.2, 0.25) is 0 Å². The van der Waals surface area contributed by atoms with Gasteiger partial charge in [0.25, 0.3) is 10.0 Å². The van der Waals surface area contributed by atoms with E-state index < -0.39 is 27.6 Å². The molecule has 0 aliphatic rings. The average molecular weight is 407 g/mol. The van der Waals surface area contributed by atoms with Crippen molar-refractivity contribution in [2.45, 2.75) is 57.1 Å². The van der Waals surface area contributed by atoms with Gasteiger partial charge in [0.1, 0.15) is 5.60 Å². The Morgan fingerprint density at radius 2 is 1.93 bits per heavy atom. The Balaban J connectivity index is 1.96. The summed E-state index contributed by atoms with van der Waals surface area (Å²) in [5.41, 5.74) is -0.622. The van der Waals surface area contributed by atoms with Gasteiger partial charge in [0.15, 0.2) is 0 Å². The minimum atomic E-state index is -4.03. The molecule has 0 aliphatic carbocycles. The maximum absolute atomic E-state index is 12.6. The van der Waals surface area contributed by atoms with E-state index in [1.54, 1.807) is 52.1 Å². The van der Waals surface area contributed by atoms with Crippen molar-refractivity contribution < 1.29 is 22.7 Å². The second kappa shape index (κ2) is 8.55. The van der Waals surface area contributed by atoms with E-state index >= 15 is 0 Å². The third kappa shape index (κ3) is 6.19. The summed E-state index contributed by atoms with van der Waals surface area (Å²) in [5, 5.41) is 3.76. The van der Waals surface area contributed by atoms with Gasteiger partial charge in [0, 0.05) is 30.2 Å². The summed E-state index contributed by atoms with van der Waals surface area (Å²) in [6.07, 6.45) is 2.62. The van der Waals surface area contributed by atoms with Crippen molar-refractivity contribution in [3.05, 3.63) is 36.7 Å². The monoisotopic (exact) mass is 407 g/mol. The van der Waals surface area contributed by atoms with E-state index in [0.717, 1.165) is 0 Å². The van der Waals surface area contributed by atoms with Crippen LogP contribution < -0.4 is 10.0 Å². The van der Waals surface area contributed by atoms with Gasteiger partial charge < -0.3 is 10.1 Å². The van der Waals surface area contributed by atoms with Crippen LogP contribution in [0.5, 0.6) is 0 Å². The summed E-state index contributed by atoms with van der Waals surface area (Å²) in [5.74, 6) is -0.654. The molecular formula is C19H25N3O5S. The normalized spacial score (nSPS) is 13.0. The van der Waals surface area contributed by atoms with E-state index in [-0.39, 0.29) is 23.8 Å². The largest absolute Gasteiger partial charge is 0.444 e. The van der Waals surface area contributed by atoms with Crippen molar-refractivity contribution in [1.82, 2.24) is 15.0 Å². The number of hydrogen-bond donors (Lipinski definition) is 2. The van der Waals surface area contributed by atoms with Crippen LogP contribution in [-0.2, 0) is 19.6 Å². The first-order valence-electron chi connectivity index (χ1n) is 8.86. The van der Waals surface area contributed by atoms with Crippen LogP contribution in [-0.4, -0.2) is 37.0 Å². The molecule has 0 saturated carbocycles. The van der Waals surface area contributed by atoms with Crippen LogP contribution >= 0.6 is 0 Å². The SMILES string of the molecule is CC(CCC(=O)NS(=O)(=O)c1cccc2ccncc12)NC(=O)OC(C)(C)C. The lowest BCUT2D eigenvalue weighted by atomic mass is 10.2. The lowest BCUT2D eigenvalue weighted by molar-refractivity contribution is -0.119. The van der Waals surface area contributed by atoms with Crippen molar-refractivity contribution in [1.29, 1.82) is 0 Å². The first-order chi connectivity index (χ1) is 13.0. The molecule has 0 spiro atoms. The molecule has 1 aromatic carbocycles. The van der Waals surface area contributed by atoms with Crippen LogP contribution in [0.15, 0.2) is 41.6 Å². The van der Waals surface area contributed by atoms with E-state index in [1.165, 1.54) is 12.3 Å². The van der Waals surface area contributed by atoms with Crippen LogP contribution in [0.1, 0.15) is 40.5 Å². The molecule has 2 aromatic rings. The highest BCUT2D eigenvalue weighted by Gasteiger charge is 2.21. The molecule has 0 radical (unpaired) electrons. The Kier molecular flexibility index (Phi) is 6.60. The fraction of sp³-hybridized carbons (Fsp3) is 0.421. The molecule has 1 heterocycles. The van der Waals surface area contributed by atoms with E-state index in [0.29, 0.717) is 10.8 Å². The minimum absolute atomic E-state index is 0.00798. The predicted molar refractivity (Wildman–Crippen MR) is 105 cm³/mol. The van der Waals surface area contributed by atoms with Crippen molar-refractivity contribution in [3.8, 4) is 0 Å². The maximum atomic E-state index is 12.6. The molecule has 1 unspecified atom stereocenters. The molecule has 0 aliphatic heterocycles. The number of fused-ring (bicyclic) bond motifs is 1. The number of hydrogen-bond acceptors (Lipinski definition) is 6. The van der Waals surface area contributed by atoms with Crippen LogP contribution in [0, 0.1) is 0 Å². The summed E-state index contributed by atoms with van der Waals surface area (Å²) in [6, 6.07) is 6.13. The third-order valence-corrected chi connectivity index (χ3v) is 5.18. The number of rotatable bonds is 6. The summed E-state index contributed by atoms with van der Waals surface area (Å²) in [7, 11) is -4.03. The van der Waals surface area contributed by atoms with Crippen LogP contribution in [0.25, 0.3) is 10.8 Å². The number of aromatic nitrogens is 1. The number of alkyl carbamates (subject to hydrolysis) is 1. The van der Waals surface area contributed by atoms with Crippen molar-refractivity contribution >= 4 is 32.8 Å². The van der Waals surface area contributed by atoms with Crippen LogP contribution in [0.3, 0.4) is 0 Å². The fourth-order valence-corrected chi connectivity index (χ4v) is 3.73. The first-order valence-corrected chi connectivity index (χ1v) is 10.3. The molecule has 152 valence electrons. The Morgan fingerprint density at radius 1 is 1.21 bits per heavy atom. The topological polar surface area (TPSA) is 114 Å². The van der Waals surface area contributed by atoms with Gasteiger partial charge in [-0.25, -0.2) is 17.9 Å². The summed E-state index contributed by atoms with van der Waals surface area (Å²) >= 11 is 0. The van der Waals surface area contributed by atoms with Crippen LogP contribution in [0.4, 0.5) is 4.79 Å². The molecule has 0 bridgehead atoms. The number of sulfonamides is 1. The van der Waals surface area contributed by atoms with E-state index in [9.17, 15) is 18.0 Å². The second-order valence-electron chi connectivity index (χ2n) is 7.47. The Hall–Kier alpha value is -2.68. The van der Waals surface area contributed by atoms with E-state index in [4.69, 9.17) is 4.74 Å².